The summed E-state index contributed by atoms with van der Waals surface area (Å²) in [5, 5.41) is 7.36. The highest BCUT2D eigenvalue weighted by Crippen LogP contribution is 2.34. The third kappa shape index (κ3) is 8.32. The molecule has 0 radical (unpaired) electrons. The van der Waals surface area contributed by atoms with Crippen LogP contribution in [0.15, 0.2) is 12.1 Å². The molecule has 18 heteroatoms. The van der Waals surface area contributed by atoms with E-state index in [1.807, 2.05) is 4.68 Å². The van der Waals surface area contributed by atoms with Gasteiger partial charge in [0.25, 0.3) is 5.91 Å². The molecule has 1 amide bonds. The van der Waals surface area contributed by atoms with E-state index in [4.69, 9.17) is 26.8 Å². The highest BCUT2D eigenvalue weighted by atomic mass is 35.5. The van der Waals surface area contributed by atoms with Crippen LogP contribution in [0, 0.1) is 11.6 Å². The number of anilines is 2. The molecule has 1 aromatic carbocycles. The number of rotatable bonds is 3. The Morgan fingerprint density at radius 1 is 1.14 bits per heavy atom. The van der Waals surface area contributed by atoms with E-state index in [1.165, 1.54) is 12.8 Å². The van der Waals surface area contributed by atoms with E-state index in [1.54, 1.807) is 14.2 Å². The molecule has 0 spiro atoms. The van der Waals surface area contributed by atoms with Crippen LogP contribution in [0.4, 0.5) is 37.8 Å². The van der Waals surface area contributed by atoms with Crippen molar-refractivity contribution in [2.45, 2.75) is 70.2 Å². The number of ether oxygens (including phenoxy) is 2. The first kappa shape index (κ1) is 36.5. The number of nitrogens with one attached hydrogen (secondary N) is 1. The maximum atomic E-state index is 12.6. The van der Waals surface area contributed by atoms with Crippen molar-refractivity contribution in [2.75, 3.05) is 51.0 Å². The first-order valence-corrected chi connectivity index (χ1v) is 16.1. The zero-order chi connectivity index (χ0) is 35.5. The summed E-state index contributed by atoms with van der Waals surface area (Å²) >= 11 is 6.49. The number of carbonyl (C=O) groups is 1. The van der Waals surface area contributed by atoms with Crippen LogP contribution in [0.1, 0.15) is 58.7 Å². The highest BCUT2D eigenvalue weighted by molar-refractivity contribution is 6.34. The van der Waals surface area contributed by atoms with Crippen LogP contribution in [0.3, 0.4) is 0 Å². The number of benzene rings is 1. The van der Waals surface area contributed by atoms with Gasteiger partial charge in [0, 0.05) is 44.7 Å². The average Bonchev–Trinajstić information content (AvgIpc) is 3.70. The summed E-state index contributed by atoms with van der Waals surface area (Å²) < 4.78 is 86.1. The zero-order valence-electron chi connectivity index (χ0n) is 26.9. The second-order valence-corrected chi connectivity index (χ2v) is 12.3. The summed E-state index contributed by atoms with van der Waals surface area (Å²) in [6, 6.07) is 1.26. The molecule has 0 bridgehead atoms. The van der Waals surface area contributed by atoms with Crippen molar-refractivity contribution >= 4 is 29.0 Å². The number of alkyl halides is 4. The molecule has 2 fully saturated rings. The maximum absolute atomic E-state index is 12.6. The van der Waals surface area contributed by atoms with E-state index < -0.39 is 35.2 Å². The number of aryl methyl sites for hydroxylation is 1. The van der Waals surface area contributed by atoms with Crippen molar-refractivity contribution in [3.05, 3.63) is 57.0 Å². The molecular formula is C31H37ClF6N8O3. The lowest BCUT2D eigenvalue weighted by molar-refractivity contribution is -0.137. The Labute approximate surface area is 283 Å². The van der Waals surface area contributed by atoms with Crippen LogP contribution in [0.2, 0.25) is 5.02 Å². The normalized spacial score (nSPS) is 20.1. The Kier molecular flexibility index (Phi) is 11.4. The van der Waals surface area contributed by atoms with Crippen LogP contribution in [-0.4, -0.2) is 83.2 Å². The van der Waals surface area contributed by atoms with Gasteiger partial charge in [0.2, 0.25) is 0 Å². The predicted octanol–water partition coefficient (Wildman–Crippen LogP) is 4.94. The Morgan fingerprint density at radius 2 is 1.88 bits per heavy atom. The lowest BCUT2D eigenvalue weighted by Crippen LogP contribution is -2.28. The standard InChI is InChI=1S/C17H21ClN6O3.C7H4F5N.C7H12FN/c1-19-16(25)14-13(18)12-8-23(5-3-6-24(12)22-14)15-10-9-27-7-4-11(10)20-17(21-15)26-2;8-4-1-3(7(10,11)12)2-5(9)6(4)13;8-6-4-7-2-1-3-9(7)5-6/h3-9H2,1-2H3,(H,19,25);1-2H,13H2;6-7H,1-5H2. The third-order valence-corrected chi connectivity index (χ3v) is 9.10. The number of carbonyl (C=O) groups excluding carboxylic acids is 1. The topological polar surface area (TPSA) is 124 Å². The number of fused-ring (bicyclic) bond motifs is 3. The lowest BCUT2D eigenvalue weighted by Gasteiger charge is -2.27. The van der Waals surface area contributed by atoms with Gasteiger partial charge in [0.1, 0.15) is 29.3 Å². The van der Waals surface area contributed by atoms with E-state index in [0.29, 0.717) is 49.9 Å². The van der Waals surface area contributed by atoms with E-state index in [2.05, 4.69) is 30.2 Å². The van der Waals surface area contributed by atoms with Gasteiger partial charge in [0.15, 0.2) is 5.69 Å². The molecule has 268 valence electrons. The van der Waals surface area contributed by atoms with Crippen LogP contribution in [0.25, 0.3) is 0 Å². The lowest BCUT2D eigenvalue weighted by atomic mass is 10.1. The largest absolute Gasteiger partial charge is 0.467 e. The molecule has 2 saturated heterocycles. The van der Waals surface area contributed by atoms with Crippen LogP contribution in [-0.2, 0) is 37.0 Å². The third-order valence-electron chi connectivity index (χ3n) is 8.70. The Morgan fingerprint density at radius 3 is 2.53 bits per heavy atom. The predicted molar refractivity (Wildman–Crippen MR) is 168 cm³/mol. The Hall–Kier alpha value is -3.83. The van der Waals surface area contributed by atoms with Gasteiger partial charge in [0.05, 0.1) is 48.8 Å². The summed E-state index contributed by atoms with van der Waals surface area (Å²) in [7, 11) is 3.13. The smallest absolute Gasteiger partial charge is 0.416 e. The van der Waals surface area contributed by atoms with Gasteiger partial charge < -0.3 is 25.4 Å². The number of nitrogen functional groups attached to an aromatic ring is 1. The van der Waals surface area contributed by atoms with Crippen LogP contribution in [0.5, 0.6) is 6.01 Å². The van der Waals surface area contributed by atoms with E-state index in [9.17, 15) is 31.1 Å². The molecule has 3 N–H and O–H groups in total. The molecular weight excluding hydrogens is 682 g/mol. The molecule has 4 aliphatic rings. The van der Waals surface area contributed by atoms with Gasteiger partial charge in [-0.05, 0) is 44.4 Å². The minimum absolute atomic E-state index is 0.151. The van der Waals surface area contributed by atoms with Gasteiger partial charge in [-0.15, -0.1) is 0 Å². The second kappa shape index (κ2) is 15.4. The number of amides is 1. The number of nitrogens with two attached hydrogens (primary N) is 1. The molecule has 11 nitrogen and oxygen atoms in total. The van der Waals surface area contributed by atoms with Gasteiger partial charge >= 0.3 is 12.2 Å². The molecule has 2 atom stereocenters. The molecule has 3 aromatic rings. The fraction of sp³-hybridized carbons (Fsp3) is 0.548. The molecule has 0 aliphatic carbocycles. The van der Waals surface area contributed by atoms with Gasteiger partial charge in [-0.2, -0.15) is 28.2 Å². The molecule has 2 aromatic heterocycles. The van der Waals surface area contributed by atoms with Crippen LogP contribution < -0.4 is 20.7 Å². The van der Waals surface area contributed by atoms with Crippen molar-refractivity contribution in [1.29, 1.82) is 0 Å². The summed E-state index contributed by atoms with van der Waals surface area (Å²) in [6.45, 7) is 4.93. The zero-order valence-corrected chi connectivity index (χ0v) is 27.7. The number of methoxy groups -OCH3 is 1. The quantitative estimate of drug-likeness (QED) is 0.287. The fourth-order valence-electron chi connectivity index (χ4n) is 6.25. The number of hydrogen-bond donors (Lipinski definition) is 2. The first-order chi connectivity index (χ1) is 23.3. The molecule has 49 heavy (non-hydrogen) atoms. The minimum Gasteiger partial charge on any atom is -0.467 e. The van der Waals surface area contributed by atoms with Crippen molar-refractivity contribution in [1.82, 2.24) is 30.0 Å². The van der Waals surface area contributed by atoms with Crippen LogP contribution >= 0.6 is 11.6 Å². The second-order valence-electron chi connectivity index (χ2n) is 11.9. The summed E-state index contributed by atoms with van der Waals surface area (Å²) in [5.41, 5.74) is 5.47. The first-order valence-electron chi connectivity index (χ1n) is 15.7. The number of hydrogen-bond acceptors (Lipinski definition) is 9. The Balaban J connectivity index is 0.000000174. The molecule has 7 rings (SSSR count). The van der Waals surface area contributed by atoms with Crippen molar-refractivity contribution in [2.24, 2.45) is 0 Å². The molecule has 0 saturated carbocycles. The van der Waals surface area contributed by atoms with Crippen molar-refractivity contribution < 1.29 is 40.6 Å². The number of halogens is 7. The highest BCUT2D eigenvalue weighted by Gasteiger charge is 2.35. The SMILES string of the molecule is CNC(=O)c1nn2c(c1Cl)CN(c1nc(OC)nc3c1COCC3)CCC2.FC1CC2CCCN2C1.Nc1c(F)cc(C(F)(F)F)cc1F. The summed E-state index contributed by atoms with van der Waals surface area (Å²) in [4.78, 5) is 25.5. The van der Waals surface area contributed by atoms with Crippen molar-refractivity contribution in [3.8, 4) is 6.01 Å². The number of nitrogens with zero attached hydrogens (tertiary/aromatic N) is 6. The van der Waals surface area contributed by atoms with Gasteiger partial charge in [-0.25, -0.2) is 13.2 Å². The Bertz CT molecular complexity index is 1620. The van der Waals surface area contributed by atoms with E-state index in [-0.39, 0.29) is 23.7 Å². The van der Waals surface area contributed by atoms with E-state index >= 15 is 0 Å². The number of aromatic nitrogens is 4. The fourth-order valence-corrected chi connectivity index (χ4v) is 6.53. The van der Waals surface area contributed by atoms with E-state index in [0.717, 1.165) is 55.1 Å². The summed E-state index contributed by atoms with van der Waals surface area (Å²) in [6.07, 6.45) is -0.377. The molecule has 4 aliphatic heterocycles. The molecule has 6 heterocycles. The van der Waals surface area contributed by atoms with Gasteiger partial charge in [-0.3, -0.25) is 14.4 Å². The van der Waals surface area contributed by atoms with Gasteiger partial charge in [-0.1, -0.05) is 11.6 Å². The monoisotopic (exact) mass is 718 g/mol. The maximum Gasteiger partial charge on any atom is 0.416 e. The van der Waals surface area contributed by atoms with Crippen molar-refractivity contribution in [3.63, 3.8) is 0 Å². The minimum atomic E-state index is -4.77. The average molecular weight is 719 g/mol. The molecule has 2 unspecified atom stereocenters. The summed E-state index contributed by atoms with van der Waals surface area (Å²) in [5.74, 6) is -2.31.